The maximum Gasteiger partial charge on any atom is 0.264 e. The molecule has 0 unspecified atom stereocenters. The molecule has 9 heavy (non-hydrogen) atoms. The Morgan fingerprint density at radius 2 is 2.67 bits per heavy atom. The van der Waals surface area contributed by atoms with E-state index in [0.717, 1.165) is 0 Å². The summed E-state index contributed by atoms with van der Waals surface area (Å²) in [4.78, 5) is 0. The highest BCUT2D eigenvalue weighted by atomic mass is 16.5. The average molecular weight is 129 g/mol. The third kappa shape index (κ3) is 1.39. The molecule has 1 aromatic rings. The van der Waals surface area contributed by atoms with Crippen molar-refractivity contribution in [3.63, 3.8) is 0 Å². The first-order valence-electron chi connectivity index (χ1n) is 2.52. The molecule has 1 aromatic heterocycles. The van der Waals surface area contributed by atoms with Gasteiger partial charge in [-0.2, -0.15) is 0 Å². The van der Waals surface area contributed by atoms with Gasteiger partial charge < -0.3 is 9.63 Å². The molecule has 2 N–H and O–H groups in total. The molecule has 0 aliphatic rings. The Bertz CT molecular complexity index is 226. The molecule has 0 saturated heterocycles. The minimum Gasteiger partial charge on any atom is -0.487 e. The fourth-order valence-corrected chi connectivity index (χ4v) is 0.487. The number of aliphatic hydroxyl groups is 1. The van der Waals surface area contributed by atoms with Gasteiger partial charge in [0.1, 0.15) is 6.61 Å². The molecule has 0 aliphatic heterocycles. The molecule has 0 saturated carbocycles. The van der Waals surface area contributed by atoms with Crippen LogP contribution >= 0.6 is 0 Å². The molecule has 50 valence electrons. The Morgan fingerprint density at radius 3 is 3.11 bits per heavy atom. The summed E-state index contributed by atoms with van der Waals surface area (Å²) in [7, 11) is 0. The lowest BCUT2D eigenvalue weighted by molar-refractivity contribution is -0.768. The highest BCUT2D eigenvalue weighted by molar-refractivity contribution is 4.39. The molecule has 1 heterocycles. The lowest BCUT2D eigenvalue weighted by Crippen LogP contribution is -2.38. The molecule has 0 fully saturated rings. The number of nitrogens with zero attached hydrogens (tertiary/aromatic N) is 2. The second kappa shape index (κ2) is 2.45. The van der Waals surface area contributed by atoms with E-state index >= 15 is 0 Å². The van der Waals surface area contributed by atoms with Crippen molar-refractivity contribution in [3.8, 4) is 0 Å². The lowest BCUT2D eigenvalue weighted by Gasteiger charge is -1.89. The van der Waals surface area contributed by atoms with Crippen LogP contribution in [0.5, 0.6) is 0 Å². The molecule has 5 heteroatoms. The Hall–Kier alpha value is -1.10. The second-order valence-corrected chi connectivity index (χ2v) is 1.55. The Balaban J connectivity index is 2.73. The lowest BCUT2D eigenvalue weighted by atomic mass is 10.7. The van der Waals surface area contributed by atoms with Crippen molar-refractivity contribution < 1.29 is 14.3 Å². The Morgan fingerprint density at radius 1 is 1.89 bits per heavy atom. The largest absolute Gasteiger partial charge is 0.487 e. The molecule has 5 nitrogen and oxygen atoms in total. The van der Waals surface area contributed by atoms with E-state index in [1.54, 1.807) is 0 Å². The predicted octanol–water partition coefficient (Wildman–Crippen LogP) is -2.00. The van der Waals surface area contributed by atoms with Gasteiger partial charge in [-0.1, -0.05) is 0 Å². The number of hydrogen-bond acceptors (Lipinski definition) is 3. The summed E-state index contributed by atoms with van der Waals surface area (Å²) in [5.41, 5.74) is 0.00319. The first kappa shape index (κ1) is 6.03. The average Bonchev–Trinajstić information content (AvgIpc) is 2.17. The van der Waals surface area contributed by atoms with Gasteiger partial charge in [0.2, 0.25) is 6.20 Å². The second-order valence-electron chi connectivity index (χ2n) is 1.55. The van der Waals surface area contributed by atoms with Gasteiger partial charge in [0.05, 0.1) is 0 Å². The quantitative estimate of drug-likeness (QED) is 0.453. The van der Waals surface area contributed by atoms with Gasteiger partial charge >= 0.3 is 0 Å². The first-order valence-corrected chi connectivity index (χ1v) is 2.52. The number of hydrogen-bond donors (Lipinski definition) is 2. The van der Waals surface area contributed by atoms with Crippen molar-refractivity contribution in [2.45, 2.75) is 6.54 Å². The monoisotopic (exact) mass is 129 g/mol. The van der Waals surface area contributed by atoms with E-state index in [0.29, 0.717) is 6.54 Å². The zero-order valence-corrected chi connectivity index (χ0v) is 4.74. The van der Waals surface area contributed by atoms with E-state index in [9.17, 15) is 0 Å². The van der Waals surface area contributed by atoms with Crippen LogP contribution in [0.25, 0.3) is 0 Å². The molecule has 0 spiro atoms. The van der Waals surface area contributed by atoms with E-state index in [1.807, 2.05) is 0 Å². The van der Waals surface area contributed by atoms with E-state index in [4.69, 9.17) is 10.5 Å². The molecular weight excluding hydrogens is 122 g/mol. The number of nitrogens with one attached hydrogen (secondary N) is 1. The van der Waals surface area contributed by atoms with Crippen LogP contribution in [0.15, 0.2) is 10.7 Å². The van der Waals surface area contributed by atoms with Crippen LogP contribution in [-0.4, -0.2) is 11.7 Å². The summed E-state index contributed by atoms with van der Waals surface area (Å²) in [6, 6.07) is 0. The molecule has 0 radical (unpaired) electrons. The van der Waals surface area contributed by atoms with E-state index in [2.05, 4.69) is 9.79 Å². The molecule has 0 bridgehead atoms. The normalized spacial score (nSPS) is 9.89. The molecule has 0 amide bonds. The van der Waals surface area contributed by atoms with Gasteiger partial charge in [-0.25, -0.2) is 4.68 Å². The number of aliphatic hydroxyl groups excluding tert-OH is 1. The van der Waals surface area contributed by atoms with Gasteiger partial charge in [-0.15, -0.1) is 0 Å². The zero-order valence-electron chi connectivity index (χ0n) is 4.74. The van der Waals surface area contributed by atoms with E-state index in [1.165, 1.54) is 10.9 Å². The molecule has 0 atom stereocenters. The van der Waals surface area contributed by atoms with E-state index in [-0.39, 0.29) is 12.2 Å². The topological polar surface area (TPSA) is 75.2 Å². The van der Waals surface area contributed by atoms with Crippen LogP contribution in [0, 0.1) is 5.41 Å². The SMILES string of the molecule is N=c1c[n+](CCO)[n-]o1. The van der Waals surface area contributed by atoms with Crippen LogP contribution in [0.2, 0.25) is 0 Å². The van der Waals surface area contributed by atoms with Crippen molar-refractivity contribution in [1.29, 1.82) is 5.41 Å². The van der Waals surface area contributed by atoms with Crippen LogP contribution in [-0.2, 0) is 6.54 Å². The van der Waals surface area contributed by atoms with Crippen molar-refractivity contribution >= 4 is 0 Å². The van der Waals surface area contributed by atoms with Gasteiger partial charge in [0, 0.05) is 0 Å². The predicted molar refractivity (Wildman–Crippen MR) is 25.2 cm³/mol. The Kier molecular flexibility index (Phi) is 1.64. The molecule has 0 aromatic carbocycles. The van der Waals surface area contributed by atoms with Crippen molar-refractivity contribution in [2.75, 3.05) is 6.61 Å². The number of aromatic nitrogens is 2. The maximum absolute atomic E-state index is 8.37. The molecule has 1 rings (SSSR count). The van der Waals surface area contributed by atoms with Crippen molar-refractivity contribution in [1.82, 2.24) is 5.27 Å². The fourth-order valence-electron chi connectivity index (χ4n) is 0.487. The van der Waals surface area contributed by atoms with Gasteiger partial charge in [-0.05, 0) is 0 Å². The summed E-state index contributed by atoms with van der Waals surface area (Å²) in [5.74, 6) is 0. The summed E-state index contributed by atoms with van der Waals surface area (Å²) >= 11 is 0. The molecular formula is C4H7N3O2. The summed E-state index contributed by atoms with van der Waals surface area (Å²) in [6.07, 6.45) is 1.40. The zero-order chi connectivity index (χ0) is 6.69. The summed E-state index contributed by atoms with van der Waals surface area (Å²) < 4.78 is 5.75. The summed E-state index contributed by atoms with van der Waals surface area (Å²) in [5, 5.41) is 18.6. The van der Waals surface area contributed by atoms with Crippen LogP contribution < -0.4 is 15.5 Å². The number of rotatable bonds is 2. The smallest absolute Gasteiger partial charge is 0.264 e. The van der Waals surface area contributed by atoms with Crippen molar-refractivity contribution in [2.24, 2.45) is 0 Å². The minimum atomic E-state index is 0.00319. The fraction of sp³-hybridized carbons (Fsp3) is 0.500. The van der Waals surface area contributed by atoms with Gasteiger partial charge in [0.25, 0.3) is 5.55 Å². The van der Waals surface area contributed by atoms with E-state index < -0.39 is 0 Å². The van der Waals surface area contributed by atoms with Crippen LogP contribution in [0.4, 0.5) is 0 Å². The van der Waals surface area contributed by atoms with Gasteiger partial charge in [-0.3, -0.25) is 10.7 Å². The maximum atomic E-state index is 8.37. The van der Waals surface area contributed by atoms with Crippen LogP contribution in [0.1, 0.15) is 0 Å². The highest BCUT2D eigenvalue weighted by Crippen LogP contribution is 1.57. The van der Waals surface area contributed by atoms with Gasteiger partial charge in [0.15, 0.2) is 6.54 Å². The highest BCUT2D eigenvalue weighted by Gasteiger charge is 1.91. The third-order valence-corrected chi connectivity index (χ3v) is 0.839. The summed E-state index contributed by atoms with van der Waals surface area (Å²) in [6.45, 7) is 0.388. The molecule has 0 aliphatic carbocycles. The first-order chi connectivity index (χ1) is 4.33. The third-order valence-electron chi connectivity index (χ3n) is 0.839. The Labute approximate surface area is 51.0 Å². The minimum absolute atomic E-state index is 0.00319. The standard InChI is InChI=1S/C4H7N3O2/c5-4-3-7(1-2-8)6-9-4/h3,5,8H,1-2H2. The van der Waals surface area contributed by atoms with Crippen LogP contribution in [0.3, 0.4) is 0 Å². The van der Waals surface area contributed by atoms with Crippen molar-refractivity contribution in [3.05, 3.63) is 11.8 Å².